The Morgan fingerprint density at radius 2 is 2.33 bits per heavy atom. The first kappa shape index (κ1) is 8.80. The SMILES string of the molecule is CN(CCO)c1cccc(N)n1. The maximum absolute atomic E-state index is 8.67. The lowest BCUT2D eigenvalue weighted by atomic mass is 10.4. The van der Waals surface area contributed by atoms with E-state index in [1.807, 2.05) is 24.1 Å². The monoisotopic (exact) mass is 167 g/mol. The Balaban J connectivity index is 2.73. The highest BCUT2D eigenvalue weighted by molar-refractivity contribution is 5.43. The van der Waals surface area contributed by atoms with Gasteiger partial charge in [-0.1, -0.05) is 6.07 Å². The lowest BCUT2D eigenvalue weighted by molar-refractivity contribution is 0.304. The van der Waals surface area contributed by atoms with Gasteiger partial charge in [0.25, 0.3) is 0 Å². The highest BCUT2D eigenvalue weighted by Gasteiger charge is 2.00. The van der Waals surface area contributed by atoms with Gasteiger partial charge in [-0.15, -0.1) is 0 Å². The van der Waals surface area contributed by atoms with Gasteiger partial charge in [0.05, 0.1) is 6.61 Å². The van der Waals surface area contributed by atoms with E-state index < -0.39 is 0 Å². The molecule has 0 bridgehead atoms. The van der Waals surface area contributed by atoms with Crippen molar-refractivity contribution in [3.8, 4) is 0 Å². The molecule has 0 unspecified atom stereocenters. The molecule has 0 radical (unpaired) electrons. The van der Waals surface area contributed by atoms with E-state index in [-0.39, 0.29) is 6.61 Å². The first-order valence-electron chi connectivity index (χ1n) is 3.78. The fourth-order valence-corrected chi connectivity index (χ4v) is 0.917. The summed E-state index contributed by atoms with van der Waals surface area (Å²) in [4.78, 5) is 5.93. The third-order valence-corrected chi connectivity index (χ3v) is 1.58. The molecule has 0 fully saturated rings. The summed E-state index contributed by atoms with van der Waals surface area (Å²) in [6.45, 7) is 0.684. The minimum Gasteiger partial charge on any atom is -0.395 e. The van der Waals surface area contributed by atoms with Crippen LogP contribution in [0.2, 0.25) is 0 Å². The number of anilines is 2. The number of hydrogen-bond donors (Lipinski definition) is 2. The van der Waals surface area contributed by atoms with Crippen LogP contribution in [0.15, 0.2) is 18.2 Å². The van der Waals surface area contributed by atoms with E-state index in [0.29, 0.717) is 12.4 Å². The Morgan fingerprint density at radius 1 is 1.58 bits per heavy atom. The van der Waals surface area contributed by atoms with Crippen LogP contribution in [0.3, 0.4) is 0 Å². The van der Waals surface area contributed by atoms with E-state index in [1.54, 1.807) is 6.07 Å². The molecule has 0 saturated heterocycles. The third-order valence-electron chi connectivity index (χ3n) is 1.58. The average Bonchev–Trinajstić information content (AvgIpc) is 2.05. The molecule has 1 aromatic rings. The van der Waals surface area contributed by atoms with Crippen molar-refractivity contribution in [3.63, 3.8) is 0 Å². The number of rotatable bonds is 3. The molecule has 66 valence electrons. The van der Waals surface area contributed by atoms with Gasteiger partial charge >= 0.3 is 0 Å². The van der Waals surface area contributed by atoms with E-state index in [9.17, 15) is 0 Å². The highest BCUT2D eigenvalue weighted by Crippen LogP contribution is 2.09. The van der Waals surface area contributed by atoms with E-state index in [4.69, 9.17) is 10.8 Å². The maximum Gasteiger partial charge on any atom is 0.130 e. The van der Waals surface area contributed by atoms with Crippen LogP contribution in [0.25, 0.3) is 0 Å². The van der Waals surface area contributed by atoms with Gasteiger partial charge in [-0.2, -0.15) is 0 Å². The summed E-state index contributed by atoms with van der Waals surface area (Å²) in [6.07, 6.45) is 0. The van der Waals surface area contributed by atoms with Crippen LogP contribution in [0.1, 0.15) is 0 Å². The minimum atomic E-state index is 0.118. The lowest BCUT2D eigenvalue weighted by Crippen LogP contribution is -2.22. The molecule has 1 rings (SSSR count). The zero-order valence-corrected chi connectivity index (χ0v) is 7.07. The van der Waals surface area contributed by atoms with Crippen molar-refractivity contribution in [2.75, 3.05) is 30.8 Å². The van der Waals surface area contributed by atoms with E-state index in [2.05, 4.69) is 4.98 Å². The largest absolute Gasteiger partial charge is 0.395 e. The number of nitrogen functional groups attached to an aromatic ring is 1. The zero-order valence-electron chi connectivity index (χ0n) is 7.07. The van der Waals surface area contributed by atoms with Crippen molar-refractivity contribution in [1.29, 1.82) is 0 Å². The third kappa shape index (κ3) is 2.10. The van der Waals surface area contributed by atoms with Crippen molar-refractivity contribution >= 4 is 11.6 Å². The van der Waals surface area contributed by atoms with Gasteiger partial charge < -0.3 is 15.7 Å². The number of aromatic nitrogens is 1. The first-order valence-corrected chi connectivity index (χ1v) is 3.78. The van der Waals surface area contributed by atoms with Gasteiger partial charge in [-0.25, -0.2) is 4.98 Å². The standard InChI is InChI=1S/C8H13N3O/c1-11(5-6-12)8-4-2-3-7(9)10-8/h2-4,12H,5-6H2,1H3,(H2,9,10). The summed E-state index contributed by atoms with van der Waals surface area (Å²) >= 11 is 0. The predicted octanol–water partition coefficient (Wildman–Crippen LogP) is 0.0923. The predicted molar refractivity (Wildman–Crippen MR) is 49.0 cm³/mol. The fourth-order valence-electron chi connectivity index (χ4n) is 0.917. The number of nitrogens with two attached hydrogens (primary N) is 1. The van der Waals surface area contributed by atoms with Crippen molar-refractivity contribution in [2.24, 2.45) is 0 Å². The normalized spacial score (nSPS) is 9.83. The molecule has 4 heteroatoms. The lowest BCUT2D eigenvalue weighted by Gasteiger charge is -2.16. The average molecular weight is 167 g/mol. The summed E-state index contributed by atoms with van der Waals surface area (Å²) in [6, 6.07) is 5.42. The van der Waals surface area contributed by atoms with E-state index in [0.717, 1.165) is 5.82 Å². The Hall–Kier alpha value is -1.29. The fraction of sp³-hybridized carbons (Fsp3) is 0.375. The van der Waals surface area contributed by atoms with Gasteiger partial charge in [-0.05, 0) is 12.1 Å². The Labute approximate surface area is 71.6 Å². The molecular weight excluding hydrogens is 154 g/mol. The topological polar surface area (TPSA) is 62.4 Å². The molecule has 0 aliphatic heterocycles. The van der Waals surface area contributed by atoms with Crippen LogP contribution < -0.4 is 10.6 Å². The number of likely N-dealkylation sites (N-methyl/N-ethyl adjacent to an activating group) is 1. The minimum absolute atomic E-state index is 0.118. The summed E-state index contributed by atoms with van der Waals surface area (Å²) in [5, 5.41) is 8.67. The van der Waals surface area contributed by atoms with Gasteiger partial charge in [0.15, 0.2) is 0 Å². The zero-order chi connectivity index (χ0) is 8.97. The van der Waals surface area contributed by atoms with Crippen molar-refractivity contribution in [2.45, 2.75) is 0 Å². The number of aliphatic hydroxyl groups excluding tert-OH is 1. The van der Waals surface area contributed by atoms with Crippen LogP contribution >= 0.6 is 0 Å². The Bertz CT molecular complexity index is 252. The molecule has 0 atom stereocenters. The quantitative estimate of drug-likeness (QED) is 0.670. The van der Waals surface area contributed by atoms with Crippen LogP contribution in [-0.4, -0.2) is 30.3 Å². The Morgan fingerprint density at radius 3 is 2.92 bits per heavy atom. The van der Waals surface area contributed by atoms with Crippen LogP contribution in [0.5, 0.6) is 0 Å². The van der Waals surface area contributed by atoms with E-state index in [1.165, 1.54) is 0 Å². The number of nitrogens with zero attached hydrogens (tertiary/aromatic N) is 2. The summed E-state index contributed by atoms with van der Waals surface area (Å²) in [5.74, 6) is 1.28. The Kier molecular flexibility index (Phi) is 2.88. The second-order valence-electron chi connectivity index (χ2n) is 2.57. The molecule has 4 nitrogen and oxygen atoms in total. The van der Waals surface area contributed by atoms with Gasteiger partial charge in [0.2, 0.25) is 0 Å². The molecule has 0 aliphatic rings. The first-order chi connectivity index (χ1) is 5.74. The van der Waals surface area contributed by atoms with Crippen LogP contribution in [0, 0.1) is 0 Å². The molecule has 3 N–H and O–H groups in total. The molecular formula is C8H13N3O. The molecule has 1 aromatic heterocycles. The molecule has 0 spiro atoms. The highest BCUT2D eigenvalue weighted by atomic mass is 16.3. The molecule has 0 aliphatic carbocycles. The summed E-state index contributed by atoms with van der Waals surface area (Å²) < 4.78 is 0. The van der Waals surface area contributed by atoms with Gasteiger partial charge in [0, 0.05) is 13.6 Å². The molecule has 1 heterocycles. The van der Waals surface area contributed by atoms with Crippen LogP contribution in [-0.2, 0) is 0 Å². The molecule has 0 amide bonds. The smallest absolute Gasteiger partial charge is 0.130 e. The van der Waals surface area contributed by atoms with Crippen LogP contribution in [0.4, 0.5) is 11.6 Å². The van der Waals surface area contributed by atoms with Crippen molar-refractivity contribution in [3.05, 3.63) is 18.2 Å². The molecule has 0 saturated carbocycles. The molecule has 12 heavy (non-hydrogen) atoms. The number of hydrogen-bond acceptors (Lipinski definition) is 4. The van der Waals surface area contributed by atoms with Gasteiger partial charge in [-0.3, -0.25) is 0 Å². The summed E-state index contributed by atoms with van der Waals surface area (Å²) in [7, 11) is 1.86. The van der Waals surface area contributed by atoms with E-state index >= 15 is 0 Å². The number of pyridine rings is 1. The second-order valence-corrected chi connectivity index (χ2v) is 2.57. The van der Waals surface area contributed by atoms with Gasteiger partial charge in [0.1, 0.15) is 11.6 Å². The van der Waals surface area contributed by atoms with Crippen molar-refractivity contribution in [1.82, 2.24) is 4.98 Å². The summed E-state index contributed by atoms with van der Waals surface area (Å²) in [5.41, 5.74) is 5.49. The van der Waals surface area contributed by atoms with Crippen molar-refractivity contribution < 1.29 is 5.11 Å². The maximum atomic E-state index is 8.67. The number of aliphatic hydroxyl groups is 1. The second kappa shape index (κ2) is 3.92. The molecule has 0 aromatic carbocycles.